The first kappa shape index (κ1) is 16.4. The molecule has 1 aromatic carbocycles. The minimum absolute atomic E-state index is 0.413. The first-order valence-electron chi connectivity index (χ1n) is 7.75. The van der Waals surface area contributed by atoms with Gasteiger partial charge < -0.3 is 18.1 Å². The summed E-state index contributed by atoms with van der Waals surface area (Å²) in [5.41, 5.74) is 1.06. The Morgan fingerprint density at radius 2 is 1.96 bits per heavy atom. The Hall–Kier alpha value is -3.07. The van der Waals surface area contributed by atoms with Gasteiger partial charge in [0.05, 0.1) is 25.5 Å². The van der Waals surface area contributed by atoms with Crippen LogP contribution in [0, 0.1) is 0 Å². The second-order valence-electron chi connectivity index (χ2n) is 5.26. The van der Waals surface area contributed by atoms with E-state index in [4.69, 9.17) is 18.1 Å². The Bertz CT molecular complexity index is 963. The van der Waals surface area contributed by atoms with E-state index in [1.165, 1.54) is 11.8 Å². The fraction of sp³-hybridized carbons (Fsp3) is 0.176. The van der Waals surface area contributed by atoms with Crippen molar-refractivity contribution >= 4 is 11.8 Å². The monoisotopic (exact) mass is 370 g/mol. The quantitative estimate of drug-likeness (QED) is 0.452. The van der Waals surface area contributed by atoms with Gasteiger partial charge in [0, 0.05) is 0 Å². The minimum atomic E-state index is 0.413. The molecule has 0 fully saturated rings. The van der Waals surface area contributed by atoms with Crippen molar-refractivity contribution < 1.29 is 18.1 Å². The molecule has 8 nitrogen and oxygen atoms in total. The maximum atomic E-state index is 5.65. The van der Waals surface area contributed by atoms with Crippen LogP contribution in [0.15, 0.2) is 61.2 Å². The van der Waals surface area contributed by atoms with Gasteiger partial charge in [-0.05, 0) is 29.8 Å². The maximum Gasteiger partial charge on any atom is 0.277 e. The molecule has 4 rings (SSSR count). The van der Waals surface area contributed by atoms with Crippen LogP contribution in [0.4, 0.5) is 0 Å². The van der Waals surface area contributed by atoms with E-state index >= 15 is 0 Å². The number of benzene rings is 1. The molecule has 26 heavy (non-hydrogen) atoms. The zero-order valence-electron chi connectivity index (χ0n) is 13.8. The summed E-state index contributed by atoms with van der Waals surface area (Å²) in [4.78, 5) is 4.26. The van der Waals surface area contributed by atoms with E-state index in [0.717, 1.165) is 11.3 Å². The normalized spacial score (nSPS) is 11.0. The number of rotatable bonds is 7. The second kappa shape index (κ2) is 7.44. The SMILES string of the molecule is COc1ccc(Cc2nnc(SCc3nc(-c4ccco4)no3)o2)cc1. The zero-order chi connectivity index (χ0) is 17.8. The lowest BCUT2D eigenvalue weighted by Crippen LogP contribution is -1.89. The van der Waals surface area contributed by atoms with Gasteiger partial charge in [-0.3, -0.25) is 0 Å². The summed E-state index contributed by atoms with van der Waals surface area (Å²) in [7, 11) is 1.64. The molecule has 0 aliphatic carbocycles. The largest absolute Gasteiger partial charge is 0.497 e. The number of nitrogens with zero attached hydrogens (tertiary/aromatic N) is 4. The number of ether oxygens (including phenoxy) is 1. The average Bonchev–Trinajstić information content (AvgIpc) is 3.42. The molecule has 0 bridgehead atoms. The topological polar surface area (TPSA) is 100 Å². The van der Waals surface area contributed by atoms with E-state index in [1.807, 2.05) is 24.3 Å². The van der Waals surface area contributed by atoms with Gasteiger partial charge in [-0.25, -0.2) is 0 Å². The lowest BCUT2D eigenvalue weighted by molar-refractivity contribution is 0.388. The Labute approximate surface area is 152 Å². The highest BCUT2D eigenvalue weighted by atomic mass is 32.2. The van der Waals surface area contributed by atoms with E-state index < -0.39 is 0 Å². The molecule has 0 radical (unpaired) electrons. The number of furan rings is 1. The lowest BCUT2D eigenvalue weighted by atomic mass is 10.1. The molecule has 0 unspecified atom stereocenters. The van der Waals surface area contributed by atoms with Crippen LogP contribution in [-0.2, 0) is 12.2 Å². The molecule has 0 saturated carbocycles. The fourth-order valence-corrected chi connectivity index (χ4v) is 2.85. The number of hydrogen-bond donors (Lipinski definition) is 0. The molecule has 0 saturated heterocycles. The minimum Gasteiger partial charge on any atom is -0.497 e. The van der Waals surface area contributed by atoms with E-state index in [0.29, 0.717) is 40.8 Å². The molecular weight excluding hydrogens is 356 g/mol. The van der Waals surface area contributed by atoms with Gasteiger partial charge in [0.2, 0.25) is 17.6 Å². The van der Waals surface area contributed by atoms with Gasteiger partial charge in [-0.2, -0.15) is 4.98 Å². The third kappa shape index (κ3) is 3.77. The summed E-state index contributed by atoms with van der Waals surface area (Å²) in [6.45, 7) is 0. The van der Waals surface area contributed by atoms with Crippen LogP contribution in [0.5, 0.6) is 5.75 Å². The van der Waals surface area contributed by atoms with E-state index in [9.17, 15) is 0 Å². The fourth-order valence-electron chi connectivity index (χ4n) is 2.23. The number of aromatic nitrogens is 4. The van der Waals surface area contributed by atoms with E-state index in [1.54, 1.807) is 25.5 Å². The molecule has 3 heterocycles. The van der Waals surface area contributed by atoms with Crippen LogP contribution in [0.3, 0.4) is 0 Å². The van der Waals surface area contributed by atoms with Crippen LogP contribution in [0.1, 0.15) is 17.3 Å². The lowest BCUT2D eigenvalue weighted by Gasteiger charge is -2.00. The molecule has 0 N–H and O–H groups in total. The van der Waals surface area contributed by atoms with Gasteiger partial charge >= 0.3 is 0 Å². The molecular formula is C17H14N4O4S. The third-order valence-electron chi connectivity index (χ3n) is 3.49. The summed E-state index contributed by atoms with van der Waals surface area (Å²) in [5, 5.41) is 12.4. The summed E-state index contributed by atoms with van der Waals surface area (Å²) < 4.78 is 21.2. The van der Waals surface area contributed by atoms with Gasteiger partial charge in [-0.1, -0.05) is 29.1 Å². The third-order valence-corrected chi connectivity index (χ3v) is 4.29. The molecule has 0 aliphatic heterocycles. The standard InChI is InChI=1S/C17H14N4O4S/c1-22-12-6-4-11(5-7-12)9-14-19-20-17(24-14)26-10-15-18-16(21-25-15)13-3-2-8-23-13/h2-8H,9-10H2,1H3. The van der Waals surface area contributed by atoms with E-state index in [-0.39, 0.29) is 0 Å². The predicted molar refractivity (Wildman–Crippen MR) is 91.7 cm³/mol. The number of hydrogen-bond acceptors (Lipinski definition) is 9. The maximum absolute atomic E-state index is 5.65. The van der Waals surface area contributed by atoms with Crippen LogP contribution >= 0.6 is 11.8 Å². The first-order valence-corrected chi connectivity index (χ1v) is 8.73. The molecule has 9 heteroatoms. The molecule has 4 aromatic rings. The van der Waals surface area contributed by atoms with Crippen molar-refractivity contribution in [1.29, 1.82) is 0 Å². The van der Waals surface area contributed by atoms with E-state index in [2.05, 4.69) is 20.3 Å². The highest BCUT2D eigenvalue weighted by Gasteiger charge is 2.13. The second-order valence-corrected chi connectivity index (χ2v) is 6.19. The van der Waals surface area contributed by atoms with Gasteiger partial charge in [-0.15, -0.1) is 10.2 Å². The molecule has 0 atom stereocenters. The Morgan fingerprint density at radius 3 is 2.73 bits per heavy atom. The van der Waals surface area contributed by atoms with Crippen molar-refractivity contribution in [2.24, 2.45) is 0 Å². The van der Waals surface area contributed by atoms with Gasteiger partial charge in [0.1, 0.15) is 5.75 Å². The van der Waals surface area contributed by atoms with Crippen molar-refractivity contribution in [2.75, 3.05) is 7.11 Å². The van der Waals surface area contributed by atoms with Crippen molar-refractivity contribution in [3.8, 4) is 17.3 Å². The summed E-state index contributed by atoms with van der Waals surface area (Å²) >= 11 is 1.33. The molecule has 132 valence electrons. The average molecular weight is 370 g/mol. The molecule has 0 spiro atoms. The highest BCUT2D eigenvalue weighted by Crippen LogP contribution is 2.23. The Balaban J connectivity index is 1.34. The smallest absolute Gasteiger partial charge is 0.277 e. The Morgan fingerprint density at radius 1 is 1.08 bits per heavy atom. The van der Waals surface area contributed by atoms with Crippen LogP contribution in [-0.4, -0.2) is 27.4 Å². The Kier molecular flexibility index (Phi) is 4.69. The van der Waals surface area contributed by atoms with Crippen LogP contribution in [0.2, 0.25) is 0 Å². The zero-order valence-corrected chi connectivity index (χ0v) is 14.6. The molecule has 3 aromatic heterocycles. The van der Waals surface area contributed by atoms with Crippen LogP contribution < -0.4 is 4.74 Å². The van der Waals surface area contributed by atoms with Crippen molar-refractivity contribution in [1.82, 2.24) is 20.3 Å². The van der Waals surface area contributed by atoms with Gasteiger partial charge in [0.25, 0.3) is 5.22 Å². The number of thioether (sulfide) groups is 1. The van der Waals surface area contributed by atoms with Crippen molar-refractivity contribution in [3.63, 3.8) is 0 Å². The molecule has 0 amide bonds. The summed E-state index contributed by atoms with van der Waals surface area (Å²) in [6, 6.07) is 11.3. The predicted octanol–water partition coefficient (Wildman–Crippen LogP) is 3.60. The number of methoxy groups -OCH3 is 1. The summed E-state index contributed by atoms with van der Waals surface area (Å²) in [6.07, 6.45) is 2.11. The van der Waals surface area contributed by atoms with Crippen molar-refractivity contribution in [3.05, 3.63) is 60.0 Å². The molecule has 0 aliphatic rings. The van der Waals surface area contributed by atoms with Crippen LogP contribution in [0.25, 0.3) is 11.6 Å². The first-order chi connectivity index (χ1) is 12.8. The van der Waals surface area contributed by atoms with Gasteiger partial charge in [0.15, 0.2) is 5.76 Å². The summed E-state index contributed by atoms with van der Waals surface area (Å²) in [5.74, 6) is 3.21. The van der Waals surface area contributed by atoms with Crippen molar-refractivity contribution in [2.45, 2.75) is 17.4 Å². The highest BCUT2D eigenvalue weighted by molar-refractivity contribution is 7.98.